The van der Waals surface area contributed by atoms with E-state index in [-0.39, 0.29) is 11.2 Å². The summed E-state index contributed by atoms with van der Waals surface area (Å²) in [4.78, 5) is 17.7. The standard InChI is InChI=1S/C9H15N3O/c1-2-3-4-5-8-11-6-7(10)9(13)12-8/h6H,2-5,10H2,1H3,(H,11,12,13). The third kappa shape index (κ3) is 2.89. The Morgan fingerprint density at radius 1 is 1.54 bits per heavy atom. The summed E-state index contributed by atoms with van der Waals surface area (Å²) < 4.78 is 0. The molecule has 3 N–H and O–H groups in total. The highest BCUT2D eigenvalue weighted by molar-refractivity contribution is 5.30. The zero-order chi connectivity index (χ0) is 9.68. The number of aromatic nitrogens is 2. The first kappa shape index (κ1) is 9.77. The molecule has 1 aromatic heterocycles. The fourth-order valence-electron chi connectivity index (χ4n) is 1.11. The first-order valence-electron chi connectivity index (χ1n) is 4.57. The van der Waals surface area contributed by atoms with Gasteiger partial charge in [-0.25, -0.2) is 4.98 Å². The van der Waals surface area contributed by atoms with Crippen molar-refractivity contribution in [3.8, 4) is 0 Å². The molecule has 4 nitrogen and oxygen atoms in total. The largest absolute Gasteiger partial charge is 0.393 e. The van der Waals surface area contributed by atoms with Gasteiger partial charge in [-0.15, -0.1) is 0 Å². The number of nitrogens with zero attached hydrogens (tertiary/aromatic N) is 1. The van der Waals surface area contributed by atoms with Crippen LogP contribution in [0, 0.1) is 0 Å². The summed E-state index contributed by atoms with van der Waals surface area (Å²) in [5.41, 5.74) is 5.28. The molecule has 0 aliphatic rings. The average molecular weight is 181 g/mol. The van der Waals surface area contributed by atoms with Crippen LogP contribution in [0.2, 0.25) is 0 Å². The van der Waals surface area contributed by atoms with Crippen LogP contribution in [0.15, 0.2) is 11.0 Å². The van der Waals surface area contributed by atoms with Gasteiger partial charge in [0.2, 0.25) is 0 Å². The minimum atomic E-state index is -0.235. The number of nitrogens with two attached hydrogens (primary N) is 1. The monoisotopic (exact) mass is 181 g/mol. The lowest BCUT2D eigenvalue weighted by Gasteiger charge is -1.99. The third-order valence-electron chi connectivity index (χ3n) is 1.90. The van der Waals surface area contributed by atoms with Crippen LogP contribution >= 0.6 is 0 Å². The van der Waals surface area contributed by atoms with Crippen molar-refractivity contribution in [2.45, 2.75) is 32.6 Å². The second kappa shape index (κ2) is 4.64. The van der Waals surface area contributed by atoms with Gasteiger partial charge in [-0.2, -0.15) is 0 Å². The predicted octanol–water partition coefficient (Wildman–Crippen LogP) is 1.08. The zero-order valence-electron chi connectivity index (χ0n) is 7.84. The van der Waals surface area contributed by atoms with Crippen molar-refractivity contribution in [2.24, 2.45) is 0 Å². The highest BCUT2D eigenvalue weighted by atomic mass is 16.1. The fraction of sp³-hybridized carbons (Fsp3) is 0.556. The van der Waals surface area contributed by atoms with E-state index in [2.05, 4.69) is 16.9 Å². The van der Waals surface area contributed by atoms with E-state index in [0.717, 1.165) is 25.1 Å². The molecule has 0 aliphatic carbocycles. The maximum atomic E-state index is 11.1. The van der Waals surface area contributed by atoms with Crippen LogP contribution in [0.3, 0.4) is 0 Å². The Kier molecular flexibility index (Phi) is 3.49. The molecule has 0 aromatic carbocycles. The molecular weight excluding hydrogens is 166 g/mol. The highest BCUT2D eigenvalue weighted by Gasteiger charge is 1.97. The van der Waals surface area contributed by atoms with Crippen molar-refractivity contribution >= 4 is 5.69 Å². The van der Waals surface area contributed by atoms with Gasteiger partial charge in [0.15, 0.2) is 0 Å². The van der Waals surface area contributed by atoms with E-state index in [1.165, 1.54) is 12.6 Å². The first-order valence-corrected chi connectivity index (χ1v) is 4.57. The molecule has 0 unspecified atom stereocenters. The van der Waals surface area contributed by atoms with Crippen LogP contribution in [0.5, 0.6) is 0 Å². The van der Waals surface area contributed by atoms with Gasteiger partial charge in [-0.05, 0) is 6.42 Å². The SMILES string of the molecule is CCCCCc1ncc(N)c(=O)[nH]1. The number of rotatable bonds is 4. The lowest BCUT2D eigenvalue weighted by Crippen LogP contribution is -2.15. The van der Waals surface area contributed by atoms with E-state index >= 15 is 0 Å². The molecule has 1 aromatic rings. The fourth-order valence-corrected chi connectivity index (χ4v) is 1.11. The summed E-state index contributed by atoms with van der Waals surface area (Å²) in [5, 5.41) is 0. The van der Waals surface area contributed by atoms with Gasteiger partial charge < -0.3 is 10.7 Å². The number of H-pyrrole nitrogens is 1. The van der Waals surface area contributed by atoms with Crippen LogP contribution in [0.25, 0.3) is 0 Å². The summed E-state index contributed by atoms with van der Waals surface area (Å²) in [6, 6.07) is 0. The van der Waals surface area contributed by atoms with Crippen molar-refractivity contribution < 1.29 is 0 Å². The first-order chi connectivity index (χ1) is 6.24. The Morgan fingerprint density at radius 3 is 2.92 bits per heavy atom. The minimum absolute atomic E-state index is 0.180. The van der Waals surface area contributed by atoms with Gasteiger partial charge in [0.05, 0.1) is 6.20 Å². The van der Waals surface area contributed by atoms with Gasteiger partial charge in [-0.1, -0.05) is 19.8 Å². The molecule has 0 radical (unpaired) electrons. The smallest absolute Gasteiger partial charge is 0.274 e. The lowest BCUT2D eigenvalue weighted by atomic mass is 10.2. The van der Waals surface area contributed by atoms with Crippen LogP contribution in [0.4, 0.5) is 5.69 Å². The Morgan fingerprint density at radius 2 is 2.31 bits per heavy atom. The molecule has 0 saturated carbocycles. The number of aromatic amines is 1. The second-order valence-electron chi connectivity index (χ2n) is 3.07. The van der Waals surface area contributed by atoms with Crippen molar-refractivity contribution in [3.05, 3.63) is 22.4 Å². The minimum Gasteiger partial charge on any atom is -0.393 e. The van der Waals surface area contributed by atoms with E-state index < -0.39 is 0 Å². The average Bonchev–Trinajstić information content (AvgIpc) is 2.12. The molecule has 1 rings (SSSR count). The number of anilines is 1. The third-order valence-corrected chi connectivity index (χ3v) is 1.90. The molecule has 0 aliphatic heterocycles. The summed E-state index contributed by atoms with van der Waals surface area (Å²) in [7, 11) is 0. The number of hydrogen-bond acceptors (Lipinski definition) is 3. The lowest BCUT2D eigenvalue weighted by molar-refractivity contribution is 0.691. The maximum Gasteiger partial charge on any atom is 0.274 e. The second-order valence-corrected chi connectivity index (χ2v) is 3.07. The van der Waals surface area contributed by atoms with Crippen LogP contribution in [0.1, 0.15) is 32.0 Å². The van der Waals surface area contributed by atoms with E-state index in [0.29, 0.717) is 0 Å². The summed E-state index contributed by atoms with van der Waals surface area (Å²) >= 11 is 0. The molecule has 0 saturated heterocycles. The Bertz CT molecular complexity index is 319. The van der Waals surface area contributed by atoms with Crippen molar-refractivity contribution in [1.29, 1.82) is 0 Å². The van der Waals surface area contributed by atoms with Crippen molar-refractivity contribution in [2.75, 3.05) is 5.73 Å². The number of nitrogen functional groups attached to an aromatic ring is 1. The number of hydrogen-bond donors (Lipinski definition) is 2. The van der Waals surface area contributed by atoms with Crippen LogP contribution < -0.4 is 11.3 Å². The normalized spacial score (nSPS) is 10.2. The Hall–Kier alpha value is -1.32. The van der Waals surface area contributed by atoms with Gasteiger partial charge in [0.25, 0.3) is 5.56 Å². The molecule has 0 bridgehead atoms. The van der Waals surface area contributed by atoms with Crippen molar-refractivity contribution in [1.82, 2.24) is 9.97 Å². The van der Waals surface area contributed by atoms with Gasteiger partial charge in [-0.3, -0.25) is 4.79 Å². The maximum absolute atomic E-state index is 11.1. The molecule has 0 fully saturated rings. The van der Waals surface area contributed by atoms with E-state index in [1.54, 1.807) is 0 Å². The summed E-state index contributed by atoms with van der Waals surface area (Å²) in [6.45, 7) is 2.14. The molecule has 72 valence electrons. The Balaban J connectivity index is 2.58. The van der Waals surface area contributed by atoms with Gasteiger partial charge >= 0.3 is 0 Å². The predicted molar refractivity (Wildman–Crippen MR) is 52.5 cm³/mol. The van der Waals surface area contributed by atoms with Gasteiger partial charge in [0, 0.05) is 6.42 Å². The quantitative estimate of drug-likeness (QED) is 0.683. The highest BCUT2D eigenvalue weighted by Crippen LogP contribution is 2.00. The van der Waals surface area contributed by atoms with E-state index in [1.807, 2.05) is 0 Å². The number of unbranched alkanes of at least 4 members (excludes halogenated alkanes) is 2. The summed E-state index contributed by atoms with van der Waals surface area (Å²) in [5.74, 6) is 0.729. The Labute approximate surface area is 77.2 Å². The molecule has 13 heavy (non-hydrogen) atoms. The summed E-state index contributed by atoms with van der Waals surface area (Å²) in [6.07, 6.45) is 5.63. The molecule has 4 heteroatoms. The zero-order valence-corrected chi connectivity index (χ0v) is 7.84. The van der Waals surface area contributed by atoms with Gasteiger partial charge in [0.1, 0.15) is 11.5 Å². The molecule has 0 amide bonds. The van der Waals surface area contributed by atoms with Crippen LogP contribution in [-0.4, -0.2) is 9.97 Å². The van der Waals surface area contributed by atoms with Crippen molar-refractivity contribution in [3.63, 3.8) is 0 Å². The molecule has 0 atom stereocenters. The molecule has 1 heterocycles. The topological polar surface area (TPSA) is 71.8 Å². The molecule has 0 spiro atoms. The number of nitrogens with one attached hydrogen (secondary N) is 1. The van der Waals surface area contributed by atoms with E-state index in [4.69, 9.17) is 5.73 Å². The van der Waals surface area contributed by atoms with Crippen LogP contribution in [-0.2, 0) is 6.42 Å². The number of aryl methyl sites for hydroxylation is 1. The van der Waals surface area contributed by atoms with E-state index in [9.17, 15) is 4.79 Å². The molecular formula is C9H15N3O.